The van der Waals surface area contributed by atoms with Gasteiger partial charge >= 0.3 is 6.18 Å². The minimum Gasteiger partial charge on any atom is -0.424 e. The smallest absolute Gasteiger partial charge is 0.401 e. The molecule has 0 N–H and O–H groups in total. The molecule has 0 atom stereocenters. The van der Waals surface area contributed by atoms with E-state index < -0.39 is 12.7 Å². The first-order valence-corrected chi connectivity index (χ1v) is 5.92. The van der Waals surface area contributed by atoms with E-state index in [1.54, 1.807) is 0 Å². The molecule has 19 heavy (non-hydrogen) atoms. The fraction of sp³-hybridized carbons (Fsp3) is 0.818. The Kier molecular flexibility index (Phi) is 5.74. The highest BCUT2D eigenvalue weighted by Gasteiger charge is 2.31. The zero-order valence-electron chi connectivity index (χ0n) is 11.2. The first-order chi connectivity index (χ1) is 8.81. The lowest BCUT2D eigenvalue weighted by molar-refractivity contribution is -0.148. The molecule has 1 aromatic rings. The maximum Gasteiger partial charge on any atom is 0.401 e. The molecule has 0 saturated heterocycles. The molecule has 0 saturated carbocycles. The van der Waals surface area contributed by atoms with Crippen LogP contribution in [0.5, 0.6) is 0 Å². The Morgan fingerprint density at radius 1 is 1.32 bits per heavy atom. The van der Waals surface area contributed by atoms with Crippen LogP contribution in [-0.4, -0.2) is 48.1 Å². The van der Waals surface area contributed by atoms with Gasteiger partial charge in [-0.15, -0.1) is 10.2 Å². The molecule has 0 fully saturated rings. The van der Waals surface area contributed by atoms with Crippen LogP contribution in [0.4, 0.5) is 13.2 Å². The van der Waals surface area contributed by atoms with Gasteiger partial charge in [0.2, 0.25) is 11.8 Å². The lowest BCUT2D eigenvalue weighted by Gasteiger charge is -2.21. The van der Waals surface area contributed by atoms with Gasteiger partial charge in [-0.05, 0) is 0 Å². The van der Waals surface area contributed by atoms with Gasteiger partial charge in [-0.2, -0.15) is 13.2 Å². The van der Waals surface area contributed by atoms with Crippen molar-refractivity contribution in [2.45, 2.75) is 32.5 Å². The number of alkyl halides is 3. The molecule has 5 nitrogen and oxygen atoms in total. The van der Waals surface area contributed by atoms with Crippen LogP contribution in [0.3, 0.4) is 0 Å². The number of hydrogen-bond donors (Lipinski definition) is 0. The van der Waals surface area contributed by atoms with Crippen molar-refractivity contribution in [2.75, 3.05) is 26.8 Å². The highest BCUT2D eigenvalue weighted by atomic mass is 19.4. The minimum absolute atomic E-state index is 0.0391. The lowest BCUT2D eigenvalue weighted by atomic mass is 10.2. The predicted molar refractivity (Wildman–Crippen MR) is 61.6 cm³/mol. The van der Waals surface area contributed by atoms with Gasteiger partial charge in [-0.1, -0.05) is 13.8 Å². The second kappa shape index (κ2) is 6.85. The van der Waals surface area contributed by atoms with Gasteiger partial charge in [0.1, 0.15) is 0 Å². The summed E-state index contributed by atoms with van der Waals surface area (Å²) in [7, 11) is 1.44. The van der Waals surface area contributed by atoms with E-state index in [2.05, 4.69) is 10.2 Å². The van der Waals surface area contributed by atoms with Crippen LogP contribution in [0.2, 0.25) is 0 Å². The van der Waals surface area contributed by atoms with E-state index in [-0.39, 0.29) is 31.5 Å². The summed E-state index contributed by atoms with van der Waals surface area (Å²) in [6.07, 6.45) is -4.27. The quantitative estimate of drug-likeness (QED) is 0.767. The highest BCUT2D eigenvalue weighted by molar-refractivity contribution is 4.87. The Morgan fingerprint density at radius 2 is 2.00 bits per heavy atom. The van der Waals surface area contributed by atoms with Gasteiger partial charge in [0.05, 0.1) is 19.7 Å². The topological polar surface area (TPSA) is 51.4 Å². The molecule has 0 amide bonds. The van der Waals surface area contributed by atoms with E-state index in [0.717, 1.165) is 0 Å². The summed E-state index contributed by atoms with van der Waals surface area (Å²) in [6, 6.07) is 0. The molecule has 0 radical (unpaired) electrons. The Labute approximate surface area is 109 Å². The summed E-state index contributed by atoms with van der Waals surface area (Å²) in [5.74, 6) is 0.661. The monoisotopic (exact) mass is 281 g/mol. The van der Waals surface area contributed by atoms with Gasteiger partial charge in [0.15, 0.2) is 0 Å². The summed E-state index contributed by atoms with van der Waals surface area (Å²) < 4.78 is 47.4. The zero-order chi connectivity index (χ0) is 14.5. The predicted octanol–water partition coefficient (Wildman–Crippen LogP) is 2.20. The molecule has 0 spiro atoms. The molecule has 1 aromatic heterocycles. The van der Waals surface area contributed by atoms with Crippen LogP contribution < -0.4 is 0 Å². The van der Waals surface area contributed by atoms with E-state index in [1.807, 2.05) is 13.8 Å². The molecule has 0 bridgehead atoms. The number of ether oxygens (including phenoxy) is 1. The van der Waals surface area contributed by atoms with Crippen molar-refractivity contribution < 1.29 is 22.3 Å². The van der Waals surface area contributed by atoms with Crippen LogP contribution in [0.15, 0.2) is 4.42 Å². The molecule has 0 aliphatic carbocycles. The van der Waals surface area contributed by atoms with Gasteiger partial charge in [-0.3, -0.25) is 4.90 Å². The molecule has 0 aromatic carbocycles. The maximum atomic E-state index is 12.4. The summed E-state index contributed by atoms with van der Waals surface area (Å²) >= 11 is 0. The van der Waals surface area contributed by atoms with E-state index in [9.17, 15) is 13.2 Å². The first-order valence-electron chi connectivity index (χ1n) is 5.92. The van der Waals surface area contributed by atoms with E-state index in [1.165, 1.54) is 12.0 Å². The maximum absolute atomic E-state index is 12.4. The van der Waals surface area contributed by atoms with Crippen LogP contribution in [0.25, 0.3) is 0 Å². The average molecular weight is 281 g/mol. The highest BCUT2D eigenvalue weighted by Crippen LogP contribution is 2.18. The normalized spacial score (nSPS) is 12.6. The fourth-order valence-corrected chi connectivity index (χ4v) is 1.44. The van der Waals surface area contributed by atoms with E-state index >= 15 is 0 Å². The molecule has 1 heterocycles. The molecule has 110 valence electrons. The number of rotatable bonds is 7. The Bertz CT molecular complexity index is 380. The largest absolute Gasteiger partial charge is 0.424 e. The summed E-state index contributed by atoms with van der Waals surface area (Å²) in [6.45, 7) is 3.03. The summed E-state index contributed by atoms with van der Waals surface area (Å²) in [5.41, 5.74) is 0. The lowest BCUT2D eigenvalue weighted by Crippen LogP contribution is -2.36. The fourth-order valence-electron chi connectivity index (χ4n) is 1.44. The van der Waals surface area contributed by atoms with Crippen LogP contribution >= 0.6 is 0 Å². The van der Waals surface area contributed by atoms with Crippen molar-refractivity contribution in [2.24, 2.45) is 0 Å². The number of methoxy groups -OCH3 is 1. The summed E-state index contributed by atoms with van der Waals surface area (Å²) in [4.78, 5) is 1.17. The Morgan fingerprint density at radius 3 is 2.47 bits per heavy atom. The Balaban J connectivity index is 2.64. The molecular weight excluding hydrogens is 263 g/mol. The summed E-state index contributed by atoms with van der Waals surface area (Å²) in [5, 5.41) is 7.54. The minimum atomic E-state index is -4.27. The van der Waals surface area contributed by atoms with Gasteiger partial charge in [0.25, 0.3) is 0 Å². The van der Waals surface area contributed by atoms with Crippen molar-refractivity contribution in [1.29, 1.82) is 0 Å². The SMILES string of the molecule is COCCN(Cc1nnc(C(C)C)o1)CC(F)(F)F. The van der Waals surface area contributed by atoms with Crippen LogP contribution in [0.1, 0.15) is 31.5 Å². The van der Waals surface area contributed by atoms with Crippen molar-refractivity contribution in [3.63, 3.8) is 0 Å². The molecule has 0 unspecified atom stereocenters. The standard InChI is InChI=1S/C11H18F3N3O2/c1-8(2)10-16-15-9(19-10)6-17(4-5-18-3)7-11(12,13)14/h8H,4-7H2,1-3H3. The average Bonchev–Trinajstić information content (AvgIpc) is 2.72. The third-order valence-corrected chi connectivity index (χ3v) is 2.35. The van der Waals surface area contributed by atoms with Gasteiger partial charge < -0.3 is 9.15 Å². The van der Waals surface area contributed by atoms with Crippen molar-refractivity contribution in [3.05, 3.63) is 11.8 Å². The number of aromatic nitrogens is 2. The third-order valence-electron chi connectivity index (χ3n) is 2.35. The first kappa shape index (κ1) is 15.9. The van der Waals surface area contributed by atoms with E-state index in [4.69, 9.17) is 9.15 Å². The zero-order valence-corrected chi connectivity index (χ0v) is 11.2. The second-order valence-corrected chi connectivity index (χ2v) is 4.51. The van der Waals surface area contributed by atoms with Crippen molar-refractivity contribution >= 4 is 0 Å². The van der Waals surface area contributed by atoms with Crippen LogP contribution in [0, 0.1) is 0 Å². The van der Waals surface area contributed by atoms with Crippen LogP contribution in [-0.2, 0) is 11.3 Å². The van der Waals surface area contributed by atoms with Crippen molar-refractivity contribution in [3.8, 4) is 0 Å². The Hall–Kier alpha value is -1.15. The number of hydrogen-bond acceptors (Lipinski definition) is 5. The molecule has 0 aliphatic heterocycles. The number of halogens is 3. The van der Waals surface area contributed by atoms with E-state index in [0.29, 0.717) is 5.89 Å². The molecule has 8 heteroatoms. The second-order valence-electron chi connectivity index (χ2n) is 4.51. The molecular formula is C11H18F3N3O2. The third kappa shape index (κ3) is 6.02. The van der Waals surface area contributed by atoms with Gasteiger partial charge in [0, 0.05) is 19.6 Å². The molecule has 0 aliphatic rings. The van der Waals surface area contributed by atoms with Crippen molar-refractivity contribution in [1.82, 2.24) is 15.1 Å². The van der Waals surface area contributed by atoms with Gasteiger partial charge in [-0.25, -0.2) is 0 Å². The number of nitrogens with zero attached hydrogens (tertiary/aromatic N) is 3. The molecule has 1 rings (SSSR count).